The second kappa shape index (κ2) is 6.02. The smallest absolute Gasteiger partial charge is 0.225 e. The van der Waals surface area contributed by atoms with Crippen LogP contribution in [0.5, 0.6) is 0 Å². The summed E-state index contributed by atoms with van der Waals surface area (Å²) in [7, 11) is 0. The molecule has 1 amide bonds. The summed E-state index contributed by atoms with van der Waals surface area (Å²) in [6, 6.07) is 0. The summed E-state index contributed by atoms with van der Waals surface area (Å²) < 4.78 is 5.58. The maximum atomic E-state index is 12.2. The third-order valence-electron chi connectivity index (χ3n) is 4.45. The van der Waals surface area contributed by atoms with Gasteiger partial charge in [-0.25, -0.2) is 0 Å². The van der Waals surface area contributed by atoms with Gasteiger partial charge in [0.1, 0.15) is 0 Å². The SMILES string of the molecule is CCC1OCCC1C(=O)NCC1(C)CCNCC1. The summed E-state index contributed by atoms with van der Waals surface area (Å²) in [6.45, 7) is 8.03. The van der Waals surface area contributed by atoms with Crippen molar-refractivity contribution in [3.05, 3.63) is 0 Å². The largest absolute Gasteiger partial charge is 0.377 e. The van der Waals surface area contributed by atoms with Gasteiger partial charge in [0.15, 0.2) is 0 Å². The Hall–Kier alpha value is -0.610. The molecule has 2 fully saturated rings. The van der Waals surface area contributed by atoms with Gasteiger partial charge in [0.25, 0.3) is 0 Å². The normalized spacial score (nSPS) is 31.2. The van der Waals surface area contributed by atoms with Crippen LogP contribution in [-0.2, 0) is 9.53 Å². The van der Waals surface area contributed by atoms with Gasteiger partial charge in [-0.3, -0.25) is 4.79 Å². The fourth-order valence-electron chi connectivity index (χ4n) is 2.99. The summed E-state index contributed by atoms with van der Waals surface area (Å²) in [4.78, 5) is 12.2. The highest BCUT2D eigenvalue weighted by molar-refractivity contribution is 5.79. The van der Waals surface area contributed by atoms with Crippen molar-refractivity contribution in [2.45, 2.75) is 45.6 Å². The van der Waals surface area contributed by atoms with Crippen molar-refractivity contribution in [3.8, 4) is 0 Å². The van der Waals surface area contributed by atoms with Crippen molar-refractivity contribution in [2.75, 3.05) is 26.2 Å². The molecule has 2 aliphatic heterocycles. The number of amides is 1. The van der Waals surface area contributed by atoms with Crippen LogP contribution < -0.4 is 10.6 Å². The van der Waals surface area contributed by atoms with Crippen molar-refractivity contribution in [1.82, 2.24) is 10.6 Å². The van der Waals surface area contributed by atoms with Gasteiger partial charge in [-0.05, 0) is 44.2 Å². The van der Waals surface area contributed by atoms with E-state index in [1.54, 1.807) is 0 Å². The number of carbonyl (C=O) groups is 1. The van der Waals surface area contributed by atoms with Gasteiger partial charge in [-0.1, -0.05) is 13.8 Å². The Morgan fingerprint density at radius 1 is 1.44 bits per heavy atom. The molecule has 2 atom stereocenters. The van der Waals surface area contributed by atoms with Crippen LogP contribution in [-0.4, -0.2) is 38.3 Å². The van der Waals surface area contributed by atoms with Gasteiger partial charge in [0.2, 0.25) is 5.91 Å². The Kier molecular flexibility index (Phi) is 4.62. The molecule has 4 heteroatoms. The molecule has 0 radical (unpaired) electrons. The third kappa shape index (κ3) is 3.23. The van der Waals surface area contributed by atoms with Gasteiger partial charge < -0.3 is 15.4 Å². The summed E-state index contributed by atoms with van der Waals surface area (Å²) in [6.07, 6.45) is 4.23. The zero-order chi connectivity index (χ0) is 13.0. The van der Waals surface area contributed by atoms with Crippen LogP contribution in [0.3, 0.4) is 0 Å². The molecule has 0 bridgehead atoms. The highest BCUT2D eigenvalue weighted by Gasteiger charge is 2.34. The zero-order valence-corrected chi connectivity index (χ0v) is 11.6. The fourth-order valence-corrected chi connectivity index (χ4v) is 2.99. The van der Waals surface area contributed by atoms with E-state index < -0.39 is 0 Å². The number of piperidine rings is 1. The highest BCUT2D eigenvalue weighted by atomic mass is 16.5. The van der Waals surface area contributed by atoms with Gasteiger partial charge in [0.05, 0.1) is 12.0 Å². The van der Waals surface area contributed by atoms with E-state index in [2.05, 4.69) is 24.5 Å². The third-order valence-corrected chi connectivity index (χ3v) is 4.45. The van der Waals surface area contributed by atoms with E-state index in [1.807, 2.05) is 0 Å². The maximum absolute atomic E-state index is 12.2. The van der Waals surface area contributed by atoms with Crippen LogP contribution in [0.15, 0.2) is 0 Å². The average molecular weight is 254 g/mol. The van der Waals surface area contributed by atoms with Crippen LogP contribution in [0, 0.1) is 11.3 Å². The topological polar surface area (TPSA) is 50.4 Å². The average Bonchev–Trinajstić information content (AvgIpc) is 2.85. The zero-order valence-electron chi connectivity index (χ0n) is 11.6. The quantitative estimate of drug-likeness (QED) is 0.795. The first kappa shape index (κ1) is 13.8. The Labute approximate surface area is 110 Å². The van der Waals surface area contributed by atoms with Crippen molar-refractivity contribution >= 4 is 5.91 Å². The number of carbonyl (C=O) groups excluding carboxylic acids is 1. The Bertz CT molecular complexity index is 288. The Balaban J connectivity index is 1.80. The van der Waals surface area contributed by atoms with Crippen LogP contribution in [0.25, 0.3) is 0 Å². The molecule has 2 heterocycles. The fraction of sp³-hybridized carbons (Fsp3) is 0.929. The summed E-state index contributed by atoms with van der Waals surface area (Å²) >= 11 is 0. The minimum Gasteiger partial charge on any atom is -0.377 e. The number of nitrogens with one attached hydrogen (secondary N) is 2. The second-order valence-electron chi connectivity index (χ2n) is 5.99. The molecular weight excluding hydrogens is 228 g/mol. The molecule has 0 spiro atoms. The van der Waals surface area contributed by atoms with E-state index in [1.165, 1.54) is 0 Å². The Morgan fingerprint density at radius 3 is 2.83 bits per heavy atom. The lowest BCUT2D eigenvalue weighted by atomic mass is 9.81. The minimum atomic E-state index is 0.0697. The molecule has 0 aromatic rings. The lowest BCUT2D eigenvalue weighted by Gasteiger charge is -2.34. The molecule has 0 saturated carbocycles. The predicted octanol–water partition coefficient (Wildman–Crippen LogP) is 1.31. The van der Waals surface area contributed by atoms with Crippen molar-refractivity contribution in [1.29, 1.82) is 0 Å². The minimum absolute atomic E-state index is 0.0697. The molecule has 0 aliphatic carbocycles. The summed E-state index contributed by atoms with van der Waals surface area (Å²) in [5, 5.41) is 6.52. The maximum Gasteiger partial charge on any atom is 0.225 e. The molecular formula is C14H26N2O2. The van der Waals surface area contributed by atoms with E-state index in [-0.39, 0.29) is 23.3 Å². The summed E-state index contributed by atoms with van der Waals surface area (Å²) in [5.74, 6) is 0.263. The molecule has 2 saturated heterocycles. The van der Waals surface area contributed by atoms with E-state index in [0.29, 0.717) is 0 Å². The number of hydrogen-bond acceptors (Lipinski definition) is 3. The van der Waals surface area contributed by atoms with E-state index in [9.17, 15) is 4.79 Å². The Morgan fingerprint density at radius 2 is 2.17 bits per heavy atom. The number of rotatable bonds is 4. The van der Waals surface area contributed by atoms with Gasteiger partial charge in [0, 0.05) is 13.2 Å². The standard InChI is InChI=1S/C14H26N2O2/c1-3-12-11(4-9-18-12)13(17)16-10-14(2)5-7-15-8-6-14/h11-12,15H,3-10H2,1-2H3,(H,16,17). The summed E-state index contributed by atoms with van der Waals surface area (Å²) in [5.41, 5.74) is 0.266. The molecule has 2 aliphatic rings. The van der Waals surface area contributed by atoms with E-state index in [4.69, 9.17) is 4.74 Å². The van der Waals surface area contributed by atoms with Crippen molar-refractivity contribution in [3.63, 3.8) is 0 Å². The van der Waals surface area contributed by atoms with E-state index >= 15 is 0 Å². The molecule has 2 N–H and O–H groups in total. The van der Waals surface area contributed by atoms with Gasteiger partial charge in [-0.2, -0.15) is 0 Å². The lowest BCUT2D eigenvalue weighted by molar-refractivity contribution is -0.127. The van der Waals surface area contributed by atoms with E-state index in [0.717, 1.165) is 51.9 Å². The van der Waals surface area contributed by atoms with Gasteiger partial charge >= 0.3 is 0 Å². The van der Waals surface area contributed by atoms with Crippen LogP contribution in [0.1, 0.15) is 39.5 Å². The number of hydrogen-bond donors (Lipinski definition) is 2. The number of ether oxygens (including phenoxy) is 1. The first-order chi connectivity index (χ1) is 8.64. The van der Waals surface area contributed by atoms with Crippen LogP contribution in [0.2, 0.25) is 0 Å². The highest BCUT2D eigenvalue weighted by Crippen LogP contribution is 2.28. The molecule has 2 unspecified atom stereocenters. The molecule has 0 aromatic heterocycles. The van der Waals surface area contributed by atoms with Crippen LogP contribution in [0.4, 0.5) is 0 Å². The molecule has 104 valence electrons. The molecule has 2 rings (SSSR count). The lowest BCUT2D eigenvalue weighted by Crippen LogP contribution is -2.45. The second-order valence-corrected chi connectivity index (χ2v) is 5.99. The monoisotopic (exact) mass is 254 g/mol. The molecule has 0 aromatic carbocycles. The molecule has 18 heavy (non-hydrogen) atoms. The predicted molar refractivity (Wildman–Crippen MR) is 71.4 cm³/mol. The first-order valence-corrected chi connectivity index (χ1v) is 7.25. The molecule has 4 nitrogen and oxygen atoms in total. The first-order valence-electron chi connectivity index (χ1n) is 7.25. The van der Waals surface area contributed by atoms with Gasteiger partial charge in [-0.15, -0.1) is 0 Å². The van der Waals surface area contributed by atoms with Crippen molar-refractivity contribution in [2.24, 2.45) is 11.3 Å². The van der Waals surface area contributed by atoms with Crippen LogP contribution >= 0.6 is 0 Å². The van der Waals surface area contributed by atoms with Crippen molar-refractivity contribution < 1.29 is 9.53 Å².